The molecule has 0 amide bonds. The van der Waals surface area contributed by atoms with Crippen LogP contribution < -0.4 is 5.73 Å². The third-order valence-electron chi connectivity index (χ3n) is 2.68. The lowest BCUT2D eigenvalue weighted by Gasteiger charge is -2.19. The molecule has 2 unspecified atom stereocenters. The number of hydrogen-bond acceptors (Lipinski definition) is 5. The quantitative estimate of drug-likeness (QED) is 0.660. The molecule has 2 atom stereocenters. The van der Waals surface area contributed by atoms with Crippen LogP contribution in [-0.4, -0.2) is 39.6 Å². The van der Waals surface area contributed by atoms with Gasteiger partial charge in [-0.05, 0) is 32.4 Å². The fraction of sp³-hybridized carbons (Fsp3) is 0.714. The second-order valence-corrected chi connectivity index (χ2v) is 4.56. The molecule has 1 rings (SSSR count). The summed E-state index contributed by atoms with van der Waals surface area (Å²) in [4.78, 5) is 0. The summed E-state index contributed by atoms with van der Waals surface area (Å²) in [6.07, 6.45) is 0.668. The van der Waals surface area contributed by atoms with Crippen molar-refractivity contribution in [3.8, 4) is 0 Å². The summed E-state index contributed by atoms with van der Waals surface area (Å²) in [5.74, 6) is 1.63. The fourth-order valence-electron chi connectivity index (χ4n) is 1.74. The van der Waals surface area contributed by atoms with Gasteiger partial charge >= 0.3 is 0 Å². The van der Waals surface area contributed by atoms with Crippen molar-refractivity contribution >= 4 is 0 Å². The van der Waals surface area contributed by atoms with Gasteiger partial charge in [-0.1, -0.05) is 0 Å². The highest BCUT2D eigenvalue weighted by molar-refractivity contribution is 5.09. The summed E-state index contributed by atoms with van der Waals surface area (Å²) in [5, 5.41) is 0. The van der Waals surface area contributed by atoms with Gasteiger partial charge in [0, 0.05) is 26.4 Å². The van der Waals surface area contributed by atoms with Crippen LogP contribution in [0.25, 0.3) is 0 Å². The summed E-state index contributed by atoms with van der Waals surface area (Å²) in [6, 6.07) is 3.69. The van der Waals surface area contributed by atoms with Gasteiger partial charge in [0.2, 0.25) is 0 Å². The first kappa shape index (κ1) is 16.2. The third kappa shape index (κ3) is 6.20. The van der Waals surface area contributed by atoms with Crippen LogP contribution in [0.4, 0.5) is 0 Å². The Bertz CT molecular complexity index is 338. The van der Waals surface area contributed by atoms with Crippen molar-refractivity contribution < 1.29 is 18.6 Å². The van der Waals surface area contributed by atoms with Crippen molar-refractivity contribution in [3.63, 3.8) is 0 Å². The van der Waals surface area contributed by atoms with Crippen LogP contribution in [0.3, 0.4) is 0 Å². The van der Waals surface area contributed by atoms with Crippen molar-refractivity contribution in [2.75, 3.05) is 33.5 Å². The van der Waals surface area contributed by atoms with Crippen molar-refractivity contribution in [1.82, 2.24) is 0 Å². The Hall–Kier alpha value is -0.880. The van der Waals surface area contributed by atoms with E-state index in [2.05, 4.69) is 0 Å². The lowest BCUT2D eigenvalue weighted by atomic mass is 10.1. The average Bonchev–Trinajstić information content (AvgIpc) is 2.78. The molecular formula is C14H25NO4. The highest BCUT2D eigenvalue weighted by Crippen LogP contribution is 2.22. The summed E-state index contributed by atoms with van der Waals surface area (Å²) in [6.45, 7) is 6.25. The second-order valence-electron chi connectivity index (χ2n) is 4.56. The van der Waals surface area contributed by atoms with E-state index < -0.39 is 0 Å². The number of aryl methyl sites for hydroxylation is 1. The molecule has 19 heavy (non-hydrogen) atoms. The minimum absolute atomic E-state index is 0.126. The Labute approximate surface area is 115 Å². The van der Waals surface area contributed by atoms with Gasteiger partial charge in [0.15, 0.2) is 0 Å². The maximum absolute atomic E-state index is 5.92. The molecule has 110 valence electrons. The van der Waals surface area contributed by atoms with Crippen molar-refractivity contribution in [2.24, 2.45) is 5.73 Å². The zero-order valence-electron chi connectivity index (χ0n) is 12.1. The Morgan fingerprint density at radius 2 is 2.00 bits per heavy atom. The largest absolute Gasteiger partial charge is 0.464 e. The standard InChI is InChI=1S/C14H25NO4/c1-11-5-6-13(19-11)14(12(2)15)18-10-9-17-8-4-7-16-3/h5-6,12,14H,4,7-10,15H2,1-3H3. The van der Waals surface area contributed by atoms with Gasteiger partial charge in [-0.2, -0.15) is 0 Å². The van der Waals surface area contributed by atoms with Crippen LogP contribution in [-0.2, 0) is 14.2 Å². The van der Waals surface area contributed by atoms with Crippen LogP contribution in [0, 0.1) is 6.92 Å². The molecule has 0 radical (unpaired) electrons. The van der Waals surface area contributed by atoms with E-state index in [4.69, 9.17) is 24.4 Å². The summed E-state index contributed by atoms with van der Waals surface area (Å²) in [7, 11) is 1.68. The molecule has 2 N–H and O–H groups in total. The maximum atomic E-state index is 5.92. The molecule has 1 heterocycles. The fourth-order valence-corrected chi connectivity index (χ4v) is 1.74. The zero-order valence-corrected chi connectivity index (χ0v) is 12.1. The summed E-state index contributed by atoms with van der Waals surface area (Å²) >= 11 is 0. The van der Waals surface area contributed by atoms with Crippen LogP contribution >= 0.6 is 0 Å². The number of methoxy groups -OCH3 is 1. The molecule has 0 aliphatic heterocycles. The Kier molecular flexibility index (Phi) is 7.74. The van der Waals surface area contributed by atoms with E-state index in [1.54, 1.807) is 7.11 Å². The lowest BCUT2D eigenvalue weighted by molar-refractivity contribution is -0.0165. The molecule has 0 saturated carbocycles. The van der Waals surface area contributed by atoms with E-state index in [1.807, 2.05) is 26.0 Å². The number of rotatable bonds is 10. The predicted octanol–water partition coefficient (Wildman–Crippen LogP) is 2.05. The van der Waals surface area contributed by atoms with Gasteiger partial charge < -0.3 is 24.4 Å². The van der Waals surface area contributed by atoms with Crippen molar-refractivity contribution in [3.05, 3.63) is 23.7 Å². The number of hydrogen-bond donors (Lipinski definition) is 1. The summed E-state index contributed by atoms with van der Waals surface area (Å²) in [5.41, 5.74) is 5.92. The summed E-state index contributed by atoms with van der Waals surface area (Å²) < 4.78 is 21.7. The number of nitrogens with two attached hydrogens (primary N) is 1. The van der Waals surface area contributed by atoms with Crippen LogP contribution in [0.2, 0.25) is 0 Å². The monoisotopic (exact) mass is 271 g/mol. The lowest BCUT2D eigenvalue weighted by Crippen LogP contribution is -2.27. The number of ether oxygens (including phenoxy) is 3. The zero-order chi connectivity index (χ0) is 14.1. The van der Waals surface area contributed by atoms with E-state index in [-0.39, 0.29) is 12.1 Å². The highest BCUT2D eigenvalue weighted by atomic mass is 16.5. The van der Waals surface area contributed by atoms with E-state index >= 15 is 0 Å². The Morgan fingerprint density at radius 3 is 2.58 bits per heavy atom. The van der Waals surface area contributed by atoms with Crippen molar-refractivity contribution in [2.45, 2.75) is 32.4 Å². The molecule has 0 saturated heterocycles. The van der Waals surface area contributed by atoms with Crippen LogP contribution in [0.1, 0.15) is 31.0 Å². The first-order chi connectivity index (χ1) is 9.15. The molecule has 0 aliphatic carbocycles. The predicted molar refractivity (Wildman–Crippen MR) is 73.1 cm³/mol. The molecule has 5 nitrogen and oxygen atoms in total. The SMILES string of the molecule is COCCCOCCOC(c1ccc(C)o1)C(C)N. The maximum Gasteiger partial charge on any atom is 0.134 e. The molecule has 0 bridgehead atoms. The Balaban J connectivity index is 2.24. The van der Waals surface area contributed by atoms with Gasteiger partial charge in [-0.25, -0.2) is 0 Å². The normalized spacial score (nSPS) is 14.5. The van der Waals surface area contributed by atoms with E-state index in [0.29, 0.717) is 19.8 Å². The minimum atomic E-state index is -0.226. The molecule has 1 aromatic heterocycles. The molecule has 1 aromatic rings. The van der Waals surface area contributed by atoms with Gasteiger partial charge in [0.1, 0.15) is 17.6 Å². The van der Waals surface area contributed by atoms with Gasteiger partial charge in [-0.3, -0.25) is 0 Å². The smallest absolute Gasteiger partial charge is 0.134 e. The van der Waals surface area contributed by atoms with E-state index in [0.717, 1.165) is 24.5 Å². The molecule has 5 heteroatoms. The molecule has 0 fully saturated rings. The van der Waals surface area contributed by atoms with E-state index in [1.165, 1.54) is 0 Å². The Morgan fingerprint density at radius 1 is 1.21 bits per heavy atom. The molecule has 0 spiro atoms. The van der Waals surface area contributed by atoms with Gasteiger partial charge in [0.25, 0.3) is 0 Å². The molecule has 0 aromatic carbocycles. The second kappa shape index (κ2) is 9.09. The number of furan rings is 1. The third-order valence-corrected chi connectivity index (χ3v) is 2.68. The van der Waals surface area contributed by atoms with Crippen LogP contribution in [0.15, 0.2) is 16.5 Å². The minimum Gasteiger partial charge on any atom is -0.464 e. The van der Waals surface area contributed by atoms with Crippen LogP contribution in [0.5, 0.6) is 0 Å². The first-order valence-corrected chi connectivity index (χ1v) is 6.65. The van der Waals surface area contributed by atoms with Gasteiger partial charge in [0.05, 0.1) is 13.2 Å². The molecular weight excluding hydrogens is 246 g/mol. The van der Waals surface area contributed by atoms with Crippen molar-refractivity contribution in [1.29, 1.82) is 0 Å². The molecule has 0 aliphatic rings. The topological polar surface area (TPSA) is 66.8 Å². The van der Waals surface area contributed by atoms with Gasteiger partial charge in [-0.15, -0.1) is 0 Å². The highest BCUT2D eigenvalue weighted by Gasteiger charge is 2.20. The average molecular weight is 271 g/mol. The first-order valence-electron chi connectivity index (χ1n) is 6.65. The van der Waals surface area contributed by atoms with E-state index in [9.17, 15) is 0 Å².